The van der Waals surface area contributed by atoms with Crippen molar-refractivity contribution in [3.8, 4) is 11.1 Å². The van der Waals surface area contributed by atoms with E-state index in [1.165, 1.54) is 12.1 Å². The lowest BCUT2D eigenvalue weighted by Gasteiger charge is -2.43. The lowest BCUT2D eigenvalue weighted by Crippen LogP contribution is -2.53. The maximum Gasteiger partial charge on any atom is 0.313 e. The van der Waals surface area contributed by atoms with E-state index >= 15 is 0 Å². The summed E-state index contributed by atoms with van der Waals surface area (Å²) in [5.41, 5.74) is 3.88. The molecule has 0 aliphatic carbocycles. The summed E-state index contributed by atoms with van der Waals surface area (Å²) in [6.45, 7) is 13.5. The molecule has 1 atom stereocenters. The fourth-order valence-electron chi connectivity index (χ4n) is 5.20. The number of carboxylic acids is 1. The van der Waals surface area contributed by atoms with E-state index in [1.54, 1.807) is 19.9 Å². The van der Waals surface area contributed by atoms with Crippen molar-refractivity contribution in [1.29, 1.82) is 0 Å². The Morgan fingerprint density at radius 3 is 2.54 bits per heavy atom. The fourth-order valence-corrected chi connectivity index (χ4v) is 5.20. The number of rotatable bonds is 8. The summed E-state index contributed by atoms with van der Waals surface area (Å²) < 4.78 is 13.7. The van der Waals surface area contributed by atoms with Gasteiger partial charge in [0.1, 0.15) is 11.6 Å². The van der Waals surface area contributed by atoms with Crippen LogP contribution in [0, 0.1) is 18.7 Å². The molecule has 3 aromatic rings. The second-order valence-electron chi connectivity index (χ2n) is 11.3. The van der Waals surface area contributed by atoms with Crippen molar-refractivity contribution >= 4 is 11.8 Å². The van der Waals surface area contributed by atoms with Gasteiger partial charge in [-0.15, -0.1) is 0 Å². The highest BCUT2D eigenvalue weighted by Gasteiger charge is 2.31. The molecule has 5 nitrogen and oxygen atoms in total. The van der Waals surface area contributed by atoms with Gasteiger partial charge in [-0.3, -0.25) is 9.69 Å². The highest BCUT2D eigenvalue weighted by Crippen LogP contribution is 2.29. The number of nitrogens with zero attached hydrogens (tertiary/aromatic N) is 3. The Labute approximate surface area is 220 Å². The van der Waals surface area contributed by atoms with Gasteiger partial charge in [-0.2, -0.15) is 0 Å². The molecule has 1 aromatic heterocycles. The van der Waals surface area contributed by atoms with Crippen molar-refractivity contribution in [2.75, 3.05) is 24.5 Å². The van der Waals surface area contributed by atoms with E-state index in [2.05, 4.69) is 35.8 Å². The Hall–Kier alpha value is -3.25. The Morgan fingerprint density at radius 2 is 1.89 bits per heavy atom. The molecule has 0 radical (unpaired) electrons. The highest BCUT2D eigenvalue weighted by atomic mass is 19.1. The van der Waals surface area contributed by atoms with Crippen LogP contribution in [-0.4, -0.2) is 46.6 Å². The molecule has 1 fully saturated rings. The smallest absolute Gasteiger partial charge is 0.313 e. The quantitative estimate of drug-likeness (QED) is 0.391. The van der Waals surface area contributed by atoms with Gasteiger partial charge >= 0.3 is 5.97 Å². The van der Waals surface area contributed by atoms with E-state index in [1.807, 2.05) is 37.4 Å². The molecule has 0 spiro atoms. The average molecular weight is 504 g/mol. The predicted octanol–water partition coefficient (Wildman–Crippen LogP) is 6.30. The first-order chi connectivity index (χ1) is 17.5. The summed E-state index contributed by atoms with van der Waals surface area (Å²) in [6.07, 6.45) is 2.89. The van der Waals surface area contributed by atoms with Gasteiger partial charge in [0, 0.05) is 44.0 Å². The van der Waals surface area contributed by atoms with Crippen LogP contribution in [0.3, 0.4) is 0 Å². The number of hydrogen-bond acceptors (Lipinski definition) is 4. The number of carbonyl (C=O) groups is 1. The first-order valence-electron chi connectivity index (χ1n) is 13.1. The van der Waals surface area contributed by atoms with Crippen LogP contribution < -0.4 is 4.90 Å². The van der Waals surface area contributed by atoms with Crippen LogP contribution in [-0.2, 0) is 16.8 Å². The minimum absolute atomic E-state index is 0.248. The van der Waals surface area contributed by atoms with Crippen molar-refractivity contribution in [3.63, 3.8) is 0 Å². The molecule has 0 unspecified atom stereocenters. The zero-order valence-corrected chi connectivity index (χ0v) is 22.5. The average Bonchev–Trinajstić information content (AvgIpc) is 2.83. The van der Waals surface area contributed by atoms with E-state index < -0.39 is 11.4 Å². The van der Waals surface area contributed by atoms with Crippen LogP contribution in [0.5, 0.6) is 0 Å². The van der Waals surface area contributed by atoms with Gasteiger partial charge in [-0.1, -0.05) is 49.7 Å². The number of pyridine rings is 1. The molecule has 2 heterocycles. The standard InChI is InChI=1S/C31H38FN3O2/c1-21(2)13-28-20-34(19-23-14-22(3)15-26(16-23)31(4,5)30(36)37)11-12-35(28)29-10-9-25(18-33-29)24-7-6-8-27(32)17-24/h6-10,14-18,21,28H,11-13,19-20H2,1-5H3,(H,36,37)/t28-/m1/s1. The fraction of sp³-hybridized carbons (Fsp3) is 0.419. The van der Waals surface area contributed by atoms with Crippen LogP contribution in [0.15, 0.2) is 60.8 Å². The number of halogens is 1. The van der Waals surface area contributed by atoms with Crippen LogP contribution >= 0.6 is 0 Å². The predicted molar refractivity (Wildman–Crippen MR) is 147 cm³/mol. The van der Waals surface area contributed by atoms with E-state index in [-0.39, 0.29) is 5.82 Å². The summed E-state index contributed by atoms with van der Waals surface area (Å²) in [6, 6.07) is 17.2. The maximum atomic E-state index is 13.7. The molecule has 1 saturated heterocycles. The molecular weight excluding hydrogens is 465 g/mol. The number of aliphatic carboxylic acids is 1. The lowest BCUT2D eigenvalue weighted by molar-refractivity contribution is -0.142. The third-order valence-corrected chi connectivity index (χ3v) is 7.31. The van der Waals surface area contributed by atoms with Gasteiger partial charge in [0.2, 0.25) is 0 Å². The first-order valence-corrected chi connectivity index (χ1v) is 13.1. The van der Waals surface area contributed by atoms with E-state index in [9.17, 15) is 14.3 Å². The van der Waals surface area contributed by atoms with Crippen molar-refractivity contribution < 1.29 is 14.3 Å². The molecule has 1 aliphatic rings. The second kappa shape index (κ2) is 11.0. The third kappa shape index (κ3) is 6.37. The summed E-state index contributed by atoms with van der Waals surface area (Å²) in [5.74, 6) is 0.431. The Kier molecular flexibility index (Phi) is 7.98. The zero-order valence-electron chi connectivity index (χ0n) is 22.5. The van der Waals surface area contributed by atoms with Crippen molar-refractivity contribution in [2.24, 2.45) is 5.92 Å². The largest absolute Gasteiger partial charge is 0.481 e. The Morgan fingerprint density at radius 1 is 1.11 bits per heavy atom. The third-order valence-electron chi connectivity index (χ3n) is 7.31. The molecular formula is C31H38FN3O2. The lowest BCUT2D eigenvalue weighted by atomic mass is 9.83. The van der Waals surface area contributed by atoms with Gasteiger partial charge < -0.3 is 10.0 Å². The molecule has 1 aliphatic heterocycles. The molecule has 6 heteroatoms. The number of aryl methyl sites for hydroxylation is 1. The van der Waals surface area contributed by atoms with Crippen LogP contribution in [0.4, 0.5) is 10.2 Å². The van der Waals surface area contributed by atoms with Crippen molar-refractivity contribution in [1.82, 2.24) is 9.88 Å². The van der Waals surface area contributed by atoms with Gasteiger partial charge in [0.25, 0.3) is 0 Å². The van der Waals surface area contributed by atoms with E-state index in [0.717, 1.165) is 66.2 Å². The zero-order chi connectivity index (χ0) is 26.7. The Balaban J connectivity index is 1.51. The Bertz CT molecular complexity index is 1240. The van der Waals surface area contributed by atoms with Gasteiger partial charge in [0.05, 0.1) is 5.41 Å². The molecule has 4 rings (SSSR count). The van der Waals surface area contributed by atoms with Crippen LogP contribution in [0.2, 0.25) is 0 Å². The van der Waals surface area contributed by atoms with Gasteiger partial charge in [-0.25, -0.2) is 9.37 Å². The number of carboxylic acid groups (broad SMARTS) is 1. The summed E-state index contributed by atoms with van der Waals surface area (Å²) in [4.78, 5) is 21.5. The highest BCUT2D eigenvalue weighted by molar-refractivity contribution is 5.80. The molecule has 2 aromatic carbocycles. The molecule has 0 amide bonds. The van der Waals surface area contributed by atoms with Crippen molar-refractivity contribution in [3.05, 3.63) is 83.3 Å². The SMILES string of the molecule is Cc1cc(CN2CCN(c3ccc(-c4cccc(F)c4)cn3)[C@H](CC(C)C)C2)cc(C(C)(C)C(=O)O)c1. The number of anilines is 1. The van der Waals surface area contributed by atoms with Crippen LogP contribution in [0.1, 0.15) is 50.8 Å². The number of hydrogen-bond donors (Lipinski definition) is 1. The van der Waals surface area contributed by atoms with Gasteiger partial charge in [-0.05, 0) is 74.1 Å². The molecule has 196 valence electrons. The van der Waals surface area contributed by atoms with E-state index in [0.29, 0.717) is 12.0 Å². The normalized spacial score (nSPS) is 16.8. The van der Waals surface area contributed by atoms with E-state index in [4.69, 9.17) is 4.98 Å². The second-order valence-corrected chi connectivity index (χ2v) is 11.3. The van der Waals surface area contributed by atoms with Crippen molar-refractivity contribution in [2.45, 2.75) is 59.0 Å². The number of aromatic nitrogens is 1. The maximum absolute atomic E-state index is 13.7. The minimum atomic E-state index is -0.928. The molecule has 0 saturated carbocycles. The monoisotopic (exact) mass is 503 g/mol. The molecule has 0 bridgehead atoms. The first kappa shape index (κ1) is 26.8. The molecule has 37 heavy (non-hydrogen) atoms. The molecule has 1 N–H and O–H groups in total. The van der Waals surface area contributed by atoms with Crippen LogP contribution in [0.25, 0.3) is 11.1 Å². The summed E-state index contributed by atoms with van der Waals surface area (Å²) in [5, 5.41) is 9.71. The number of benzene rings is 2. The summed E-state index contributed by atoms with van der Waals surface area (Å²) >= 11 is 0. The summed E-state index contributed by atoms with van der Waals surface area (Å²) in [7, 11) is 0. The minimum Gasteiger partial charge on any atom is -0.481 e. The van der Waals surface area contributed by atoms with Gasteiger partial charge in [0.15, 0.2) is 0 Å². The number of piperazine rings is 1. The topological polar surface area (TPSA) is 56.7 Å².